The van der Waals surface area contributed by atoms with E-state index in [4.69, 9.17) is 5.11 Å². The number of phenolic OH excluding ortho intramolecular Hbond substituents is 1. The van der Waals surface area contributed by atoms with Crippen LogP contribution in [-0.4, -0.2) is 16.2 Å². The molecule has 0 aliphatic rings. The normalized spacial score (nSPS) is 11.4. The second-order valence-corrected chi connectivity index (χ2v) is 4.46. The Morgan fingerprint density at radius 2 is 2.00 bits per heavy atom. The number of hydrogen-bond acceptors (Lipinski definition) is 2. The summed E-state index contributed by atoms with van der Waals surface area (Å²) in [6.45, 7) is 5.57. The summed E-state index contributed by atoms with van der Waals surface area (Å²) < 4.78 is 0. The van der Waals surface area contributed by atoms with Gasteiger partial charge in [-0.05, 0) is 24.1 Å². The van der Waals surface area contributed by atoms with Gasteiger partial charge < -0.3 is 10.2 Å². The van der Waals surface area contributed by atoms with Crippen molar-refractivity contribution in [3.8, 4) is 5.75 Å². The summed E-state index contributed by atoms with van der Waals surface area (Å²) in [5.74, 6) is -0.574. The van der Waals surface area contributed by atoms with Gasteiger partial charge in [0.2, 0.25) is 0 Å². The first kappa shape index (κ1) is 11.6. The topological polar surface area (TPSA) is 57.5 Å². The van der Waals surface area contributed by atoms with E-state index < -0.39 is 11.4 Å². The second-order valence-electron chi connectivity index (χ2n) is 4.46. The number of carbonyl (C=O) groups is 1. The lowest BCUT2D eigenvalue weighted by Crippen LogP contribution is -2.21. The number of aryl methyl sites for hydroxylation is 1. The minimum absolute atomic E-state index is 0.0806. The summed E-state index contributed by atoms with van der Waals surface area (Å²) in [5.41, 5.74) is 1.29. The highest BCUT2D eigenvalue weighted by Crippen LogP contribution is 2.30. The predicted molar refractivity (Wildman–Crippen MR) is 58.1 cm³/mol. The van der Waals surface area contributed by atoms with Crippen LogP contribution in [-0.2, 0) is 10.2 Å². The van der Waals surface area contributed by atoms with E-state index in [0.29, 0.717) is 0 Å². The number of aliphatic carboxylic acids is 1. The molecule has 0 bridgehead atoms. The van der Waals surface area contributed by atoms with Crippen LogP contribution in [0.4, 0.5) is 0 Å². The predicted octanol–water partition coefficient (Wildman–Crippen LogP) is 2.45. The quantitative estimate of drug-likeness (QED) is 0.802. The Bertz CT molecular complexity index is 380. The van der Waals surface area contributed by atoms with Gasteiger partial charge in [-0.25, -0.2) is 0 Å². The van der Waals surface area contributed by atoms with Gasteiger partial charge in [0.25, 0.3) is 0 Å². The first-order valence-electron chi connectivity index (χ1n) is 4.85. The molecule has 0 saturated heterocycles. The Balaban J connectivity index is 3.04. The molecule has 0 radical (unpaired) electrons. The monoisotopic (exact) mass is 208 g/mol. The molecule has 0 aliphatic heterocycles. The van der Waals surface area contributed by atoms with E-state index in [1.807, 2.05) is 19.9 Å². The van der Waals surface area contributed by atoms with Gasteiger partial charge in [0, 0.05) is 5.41 Å². The molecule has 0 heterocycles. The van der Waals surface area contributed by atoms with Gasteiger partial charge >= 0.3 is 5.97 Å². The molecule has 82 valence electrons. The molecule has 3 nitrogen and oxygen atoms in total. The molecule has 1 aromatic carbocycles. The molecule has 0 aliphatic carbocycles. The minimum atomic E-state index is -0.814. The maximum Gasteiger partial charge on any atom is 0.304 e. The number of aromatic hydroxyl groups is 1. The Kier molecular flexibility index (Phi) is 3.03. The van der Waals surface area contributed by atoms with E-state index in [1.165, 1.54) is 0 Å². The van der Waals surface area contributed by atoms with Crippen LogP contribution < -0.4 is 0 Å². The zero-order valence-electron chi connectivity index (χ0n) is 9.24. The number of hydrogen-bond donors (Lipinski definition) is 2. The van der Waals surface area contributed by atoms with Crippen molar-refractivity contribution in [1.82, 2.24) is 0 Å². The van der Waals surface area contributed by atoms with Crippen molar-refractivity contribution >= 4 is 5.97 Å². The third-order valence-corrected chi connectivity index (χ3v) is 2.57. The van der Waals surface area contributed by atoms with Crippen molar-refractivity contribution in [2.75, 3.05) is 0 Å². The highest BCUT2D eigenvalue weighted by molar-refractivity contribution is 5.69. The SMILES string of the molecule is Cc1cc(C(C)(C)CC(=O)O)ccc1O. The van der Waals surface area contributed by atoms with Crippen molar-refractivity contribution < 1.29 is 15.0 Å². The number of carboxylic acids is 1. The molecule has 0 spiro atoms. The number of carboxylic acid groups (broad SMARTS) is 1. The fourth-order valence-corrected chi connectivity index (χ4v) is 1.56. The fraction of sp³-hybridized carbons (Fsp3) is 0.417. The Morgan fingerprint density at radius 3 is 2.47 bits per heavy atom. The molecule has 0 aromatic heterocycles. The van der Waals surface area contributed by atoms with E-state index in [0.717, 1.165) is 11.1 Å². The van der Waals surface area contributed by atoms with E-state index in [2.05, 4.69) is 0 Å². The van der Waals surface area contributed by atoms with Crippen LogP contribution in [0, 0.1) is 6.92 Å². The third-order valence-electron chi connectivity index (χ3n) is 2.57. The van der Waals surface area contributed by atoms with Crippen LogP contribution in [0.5, 0.6) is 5.75 Å². The lowest BCUT2D eigenvalue weighted by Gasteiger charge is -2.23. The molecule has 1 rings (SSSR count). The zero-order valence-corrected chi connectivity index (χ0v) is 9.24. The summed E-state index contributed by atoms with van der Waals surface area (Å²) in [6.07, 6.45) is 0.0806. The lowest BCUT2D eigenvalue weighted by atomic mass is 9.81. The van der Waals surface area contributed by atoms with E-state index in [9.17, 15) is 9.90 Å². The van der Waals surface area contributed by atoms with Gasteiger partial charge in [0.1, 0.15) is 5.75 Å². The van der Waals surface area contributed by atoms with Crippen molar-refractivity contribution in [1.29, 1.82) is 0 Å². The summed E-state index contributed by atoms with van der Waals surface area (Å²) in [4.78, 5) is 10.7. The lowest BCUT2D eigenvalue weighted by molar-refractivity contribution is -0.138. The van der Waals surface area contributed by atoms with Gasteiger partial charge in [-0.3, -0.25) is 4.79 Å². The van der Waals surface area contributed by atoms with Gasteiger partial charge in [0.15, 0.2) is 0 Å². The van der Waals surface area contributed by atoms with Gasteiger partial charge in [-0.1, -0.05) is 26.0 Å². The van der Waals surface area contributed by atoms with Gasteiger partial charge in [-0.2, -0.15) is 0 Å². The third kappa shape index (κ3) is 2.72. The van der Waals surface area contributed by atoms with Crippen LogP contribution >= 0.6 is 0 Å². The Morgan fingerprint density at radius 1 is 1.40 bits per heavy atom. The van der Waals surface area contributed by atoms with Gasteiger partial charge in [0.05, 0.1) is 6.42 Å². The molecule has 1 aromatic rings. The van der Waals surface area contributed by atoms with E-state index in [1.54, 1.807) is 19.1 Å². The van der Waals surface area contributed by atoms with E-state index in [-0.39, 0.29) is 12.2 Å². The number of benzene rings is 1. The highest BCUT2D eigenvalue weighted by Gasteiger charge is 2.24. The summed E-state index contributed by atoms with van der Waals surface area (Å²) in [6, 6.07) is 5.21. The molecule has 0 saturated carbocycles. The molecular formula is C12H16O3. The smallest absolute Gasteiger partial charge is 0.304 e. The average Bonchev–Trinajstić information content (AvgIpc) is 2.07. The number of rotatable bonds is 3. The second kappa shape index (κ2) is 3.93. The maximum atomic E-state index is 10.7. The van der Waals surface area contributed by atoms with Crippen LogP contribution in [0.15, 0.2) is 18.2 Å². The standard InChI is InChI=1S/C12H16O3/c1-8-6-9(4-5-10(8)13)12(2,3)7-11(14)15/h4-6,13H,7H2,1-3H3,(H,14,15). The molecule has 2 N–H and O–H groups in total. The Labute approximate surface area is 89.4 Å². The van der Waals surface area contributed by atoms with Crippen LogP contribution in [0.2, 0.25) is 0 Å². The minimum Gasteiger partial charge on any atom is -0.508 e. The molecule has 15 heavy (non-hydrogen) atoms. The molecular weight excluding hydrogens is 192 g/mol. The molecule has 0 atom stereocenters. The first-order chi connectivity index (χ1) is 6.83. The molecule has 3 heteroatoms. The van der Waals surface area contributed by atoms with Crippen LogP contribution in [0.1, 0.15) is 31.4 Å². The van der Waals surface area contributed by atoms with Gasteiger partial charge in [-0.15, -0.1) is 0 Å². The van der Waals surface area contributed by atoms with Crippen molar-refractivity contribution in [2.24, 2.45) is 0 Å². The van der Waals surface area contributed by atoms with Crippen molar-refractivity contribution in [3.63, 3.8) is 0 Å². The highest BCUT2D eigenvalue weighted by atomic mass is 16.4. The summed E-state index contributed by atoms with van der Waals surface area (Å²) >= 11 is 0. The fourth-order valence-electron chi connectivity index (χ4n) is 1.56. The summed E-state index contributed by atoms with van der Waals surface area (Å²) in [7, 11) is 0. The van der Waals surface area contributed by atoms with Crippen LogP contribution in [0.25, 0.3) is 0 Å². The first-order valence-corrected chi connectivity index (χ1v) is 4.85. The molecule has 0 fully saturated rings. The number of phenols is 1. The Hall–Kier alpha value is -1.51. The zero-order chi connectivity index (χ0) is 11.6. The van der Waals surface area contributed by atoms with E-state index >= 15 is 0 Å². The van der Waals surface area contributed by atoms with Crippen molar-refractivity contribution in [3.05, 3.63) is 29.3 Å². The molecule has 0 amide bonds. The largest absolute Gasteiger partial charge is 0.508 e. The molecule has 0 unspecified atom stereocenters. The summed E-state index contributed by atoms with van der Waals surface area (Å²) in [5, 5.41) is 18.2. The van der Waals surface area contributed by atoms with Crippen LogP contribution in [0.3, 0.4) is 0 Å². The van der Waals surface area contributed by atoms with Crippen molar-refractivity contribution in [2.45, 2.75) is 32.6 Å². The average molecular weight is 208 g/mol. The maximum absolute atomic E-state index is 10.7.